The summed E-state index contributed by atoms with van der Waals surface area (Å²) in [6, 6.07) is 9.63. The Balaban J connectivity index is 2.07. The molecule has 98 valence electrons. The largest absolute Gasteiger partial charge is 0.302 e. The topological polar surface area (TPSA) is 12.0 Å². The first kappa shape index (κ1) is 14.1. The molecule has 2 heterocycles. The van der Waals surface area contributed by atoms with Crippen molar-refractivity contribution in [1.82, 2.24) is 5.32 Å². The lowest BCUT2D eigenvalue weighted by atomic mass is 10.1. The van der Waals surface area contributed by atoms with Crippen LogP contribution in [0.1, 0.15) is 29.1 Å². The second kappa shape index (κ2) is 7.34. The Morgan fingerprint density at radius 1 is 1.17 bits per heavy atom. The van der Waals surface area contributed by atoms with Crippen LogP contribution in [-0.4, -0.2) is 18.1 Å². The lowest BCUT2D eigenvalue weighted by molar-refractivity contribution is 0.498. The van der Waals surface area contributed by atoms with Crippen LogP contribution in [0.25, 0.3) is 0 Å². The fourth-order valence-electron chi connectivity index (χ4n) is 1.88. The fraction of sp³-hybridized carbons (Fsp3) is 0.429. The lowest BCUT2D eigenvalue weighted by Crippen LogP contribution is -2.30. The Kier molecular flexibility index (Phi) is 5.76. The van der Waals surface area contributed by atoms with Crippen LogP contribution in [0.5, 0.6) is 0 Å². The summed E-state index contributed by atoms with van der Waals surface area (Å²) in [7, 11) is 0. The molecule has 0 aliphatic rings. The molecule has 1 N–H and O–H groups in total. The van der Waals surface area contributed by atoms with Crippen LogP contribution in [0.15, 0.2) is 35.0 Å². The molecular weight excluding hydrogens is 278 g/mol. The monoisotopic (exact) mass is 297 g/mol. The van der Waals surface area contributed by atoms with Crippen molar-refractivity contribution in [3.05, 3.63) is 44.8 Å². The molecule has 1 atom stereocenters. The zero-order valence-corrected chi connectivity index (χ0v) is 13.2. The number of rotatable bonds is 7. The number of thioether (sulfide) groups is 1. The smallest absolute Gasteiger partial charge is 0.0766 e. The molecule has 0 amide bonds. The Morgan fingerprint density at radius 2 is 1.78 bits per heavy atom. The quantitative estimate of drug-likeness (QED) is 0.799. The van der Waals surface area contributed by atoms with Crippen LogP contribution < -0.4 is 5.32 Å². The fourth-order valence-corrected chi connectivity index (χ4v) is 4.15. The summed E-state index contributed by atoms with van der Waals surface area (Å²) >= 11 is 5.59. The van der Waals surface area contributed by atoms with Crippen LogP contribution in [0.4, 0.5) is 0 Å². The Labute approximate surface area is 122 Å². The third-order valence-electron chi connectivity index (χ3n) is 2.86. The molecule has 2 aromatic heterocycles. The van der Waals surface area contributed by atoms with Crippen molar-refractivity contribution in [2.75, 3.05) is 12.0 Å². The second-order valence-corrected chi connectivity index (χ2v) is 7.26. The van der Waals surface area contributed by atoms with E-state index in [2.05, 4.69) is 53.5 Å². The predicted molar refractivity (Wildman–Crippen MR) is 86.1 cm³/mol. The number of hydrogen-bond acceptors (Lipinski definition) is 4. The van der Waals surface area contributed by atoms with E-state index in [0.717, 1.165) is 0 Å². The van der Waals surface area contributed by atoms with Gasteiger partial charge in [0.15, 0.2) is 0 Å². The summed E-state index contributed by atoms with van der Waals surface area (Å²) < 4.78 is 0. The van der Waals surface area contributed by atoms with E-state index in [0.29, 0.717) is 12.1 Å². The molecule has 0 aliphatic carbocycles. The van der Waals surface area contributed by atoms with Gasteiger partial charge in [0.2, 0.25) is 0 Å². The highest BCUT2D eigenvalue weighted by Gasteiger charge is 2.18. The summed E-state index contributed by atoms with van der Waals surface area (Å²) in [5, 5.41) is 8.08. The van der Waals surface area contributed by atoms with Gasteiger partial charge in [-0.05, 0) is 48.2 Å². The molecule has 2 aromatic rings. The summed E-state index contributed by atoms with van der Waals surface area (Å²) in [4.78, 5) is 2.82. The van der Waals surface area contributed by atoms with E-state index in [4.69, 9.17) is 0 Å². The van der Waals surface area contributed by atoms with Crippen LogP contribution in [0.2, 0.25) is 0 Å². The van der Waals surface area contributed by atoms with Crippen molar-refractivity contribution in [3.63, 3.8) is 0 Å². The van der Waals surface area contributed by atoms with Gasteiger partial charge in [0, 0.05) is 15.8 Å². The van der Waals surface area contributed by atoms with E-state index in [1.807, 2.05) is 34.4 Å². The van der Waals surface area contributed by atoms with Gasteiger partial charge in [-0.3, -0.25) is 0 Å². The summed E-state index contributed by atoms with van der Waals surface area (Å²) in [6.45, 7) is 2.28. The van der Waals surface area contributed by atoms with Gasteiger partial charge >= 0.3 is 0 Å². The van der Waals surface area contributed by atoms with Crippen LogP contribution in [0, 0.1) is 0 Å². The molecule has 18 heavy (non-hydrogen) atoms. The first-order valence-electron chi connectivity index (χ1n) is 6.13. The SMILES string of the molecule is CSCCC(C)NC(c1cccs1)c1cccs1. The highest BCUT2D eigenvalue weighted by atomic mass is 32.2. The predicted octanol–water partition coefficient (Wildman–Crippen LogP) is 4.63. The van der Waals surface area contributed by atoms with E-state index in [1.165, 1.54) is 21.9 Å². The van der Waals surface area contributed by atoms with Crippen LogP contribution >= 0.6 is 34.4 Å². The van der Waals surface area contributed by atoms with Crippen molar-refractivity contribution in [3.8, 4) is 0 Å². The first-order chi connectivity index (χ1) is 8.81. The molecule has 2 rings (SSSR count). The van der Waals surface area contributed by atoms with Gasteiger partial charge in [0.1, 0.15) is 0 Å². The number of nitrogens with one attached hydrogen (secondary N) is 1. The molecule has 0 saturated heterocycles. The molecule has 0 aromatic carbocycles. The Morgan fingerprint density at radius 3 is 2.22 bits per heavy atom. The highest BCUT2D eigenvalue weighted by molar-refractivity contribution is 7.98. The molecule has 0 bridgehead atoms. The molecule has 0 fully saturated rings. The van der Waals surface area contributed by atoms with Crippen molar-refractivity contribution < 1.29 is 0 Å². The molecule has 0 radical (unpaired) electrons. The first-order valence-corrected chi connectivity index (χ1v) is 9.28. The average molecular weight is 298 g/mol. The molecule has 1 nitrogen and oxygen atoms in total. The van der Waals surface area contributed by atoms with Crippen molar-refractivity contribution in [1.29, 1.82) is 0 Å². The van der Waals surface area contributed by atoms with Crippen molar-refractivity contribution in [2.45, 2.75) is 25.4 Å². The van der Waals surface area contributed by atoms with Gasteiger partial charge in [0.05, 0.1) is 6.04 Å². The number of hydrogen-bond donors (Lipinski definition) is 1. The third kappa shape index (κ3) is 3.85. The van der Waals surface area contributed by atoms with Crippen molar-refractivity contribution >= 4 is 34.4 Å². The standard InChI is InChI=1S/C14H19NS3/c1-11(7-10-16-2)15-14(12-5-3-8-17-12)13-6-4-9-18-13/h3-6,8-9,11,14-15H,7,10H2,1-2H3. The van der Waals surface area contributed by atoms with Gasteiger partial charge < -0.3 is 5.32 Å². The minimum atomic E-state index is 0.363. The molecule has 1 unspecified atom stereocenters. The molecule has 4 heteroatoms. The third-order valence-corrected chi connectivity index (χ3v) is 5.38. The van der Waals surface area contributed by atoms with E-state index in [1.54, 1.807) is 0 Å². The van der Waals surface area contributed by atoms with Gasteiger partial charge in [0.25, 0.3) is 0 Å². The van der Waals surface area contributed by atoms with Crippen LogP contribution in [0.3, 0.4) is 0 Å². The van der Waals surface area contributed by atoms with Gasteiger partial charge in [-0.15, -0.1) is 22.7 Å². The normalized spacial score (nSPS) is 13.1. The molecule has 0 spiro atoms. The maximum atomic E-state index is 3.76. The highest BCUT2D eigenvalue weighted by Crippen LogP contribution is 2.29. The van der Waals surface area contributed by atoms with E-state index in [-0.39, 0.29) is 0 Å². The zero-order valence-electron chi connectivity index (χ0n) is 10.8. The van der Waals surface area contributed by atoms with Crippen molar-refractivity contribution in [2.24, 2.45) is 0 Å². The average Bonchev–Trinajstić information content (AvgIpc) is 3.05. The Bertz CT molecular complexity index is 388. The molecule has 0 saturated carbocycles. The summed E-state index contributed by atoms with van der Waals surface area (Å²) in [6.07, 6.45) is 3.39. The maximum absolute atomic E-state index is 3.76. The van der Waals surface area contributed by atoms with Crippen LogP contribution in [-0.2, 0) is 0 Å². The Hall–Kier alpha value is -0.290. The zero-order chi connectivity index (χ0) is 12.8. The van der Waals surface area contributed by atoms with E-state index >= 15 is 0 Å². The summed E-state index contributed by atoms with van der Waals surface area (Å²) in [5.74, 6) is 1.22. The van der Waals surface area contributed by atoms with E-state index in [9.17, 15) is 0 Å². The molecular formula is C14H19NS3. The minimum Gasteiger partial charge on any atom is -0.302 e. The lowest BCUT2D eigenvalue weighted by Gasteiger charge is -2.21. The van der Waals surface area contributed by atoms with Gasteiger partial charge in [-0.25, -0.2) is 0 Å². The van der Waals surface area contributed by atoms with Gasteiger partial charge in [-0.1, -0.05) is 12.1 Å². The summed E-state index contributed by atoms with van der Waals surface area (Å²) in [5.41, 5.74) is 0. The number of thiophene rings is 2. The second-order valence-electron chi connectivity index (χ2n) is 4.31. The molecule has 0 aliphatic heterocycles. The van der Waals surface area contributed by atoms with E-state index < -0.39 is 0 Å². The maximum Gasteiger partial charge on any atom is 0.0766 e. The minimum absolute atomic E-state index is 0.363. The van der Waals surface area contributed by atoms with Gasteiger partial charge in [-0.2, -0.15) is 11.8 Å².